The monoisotopic (exact) mass is 314 g/mol. The van der Waals surface area contributed by atoms with Crippen LogP contribution in [0.5, 0.6) is 0 Å². The van der Waals surface area contributed by atoms with Gasteiger partial charge in [-0.2, -0.15) is 0 Å². The van der Waals surface area contributed by atoms with Gasteiger partial charge in [-0.3, -0.25) is 0 Å². The summed E-state index contributed by atoms with van der Waals surface area (Å²) < 4.78 is 0. The maximum atomic E-state index is 4.46. The van der Waals surface area contributed by atoms with E-state index in [1.54, 1.807) is 0 Å². The lowest BCUT2D eigenvalue weighted by atomic mass is 9.68. The molecule has 2 aliphatic rings. The summed E-state index contributed by atoms with van der Waals surface area (Å²) in [6.07, 6.45) is 19.6. The van der Waals surface area contributed by atoms with Crippen molar-refractivity contribution in [1.82, 2.24) is 9.97 Å². The molecular weight excluding hydrogens is 280 g/mol. The van der Waals surface area contributed by atoms with Crippen LogP contribution in [0.2, 0.25) is 0 Å². The van der Waals surface area contributed by atoms with E-state index in [4.69, 9.17) is 0 Å². The number of nitrogens with zero attached hydrogens (tertiary/aromatic N) is 2. The number of rotatable bonds is 5. The second kappa shape index (κ2) is 8.26. The van der Waals surface area contributed by atoms with Gasteiger partial charge < -0.3 is 0 Å². The lowest BCUT2D eigenvalue weighted by Gasteiger charge is -2.37. The SMILES string of the molecule is CC[C@H]1CC[C@H]([C@H]2CC[C@H](CCc3ncc(C)cn3)CC2)CC1. The first-order chi connectivity index (χ1) is 11.2. The van der Waals surface area contributed by atoms with Crippen molar-refractivity contribution in [1.29, 1.82) is 0 Å². The highest BCUT2D eigenvalue weighted by Gasteiger charge is 2.30. The molecule has 2 nitrogen and oxygen atoms in total. The van der Waals surface area contributed by atoms with Crippen LogP contribution in [0.15, 0.2) is 12.4 Å². The Balaban J connectivity index is 1.38. The Hall–Kier alpha value is -0.920. The molecule has 2 saturated carbocycles. The molecule has 0 saturated heterocycles. The first-order valence-corrected chi connectivity index (χ1v) is 10.0. The first-order valence-electron chi connectivity index (χ1n) is 10.0. The van der Waals surface area contributed by atoms with Crippen molar-refractivity contribution >= 4 is 0 Å². The number of hydrogen-bond donors (Lipinski definition) is 0. The minimum Gasteiger partial charge on any atom is -0.241 e. The third-order valence-corrected chi connectivity index (χ3v) is 6.64. The topological polar surface area (TPSA) is 25.8 Å². The molecule has 0 radical (unpaired) electrons. The average molecular weight is 315 g/mol. The molecule has 0 amide bonds. The van der Waals surface area contributed by atoms with Crippen LogP contribution < -0.4 is 0 Å². The molecule has 1 aromatic heterocycles. The summed E-state index contributed by atoms with van der Waals surface area (Å²) in [6.45, 7) is 4.42. The van der Waals surface area contributed by atoms with Crippen LogP contribution >= 0.6 is 0 Å². The minimum atomic E-state index is 0.920. The van der Waals surface area contributed by atoms with E-state index in [9.17, 15) is 0 Å². The summed E-state index contributed by atoms with van der Waals surface area (Å²) >= 11 is 0. The molecule has 0 aromatic carbocycles. The summed E-state index contributed by atoms with van der Waals surface area (Å²) in [4.78, 5) is 8.91. The van der Waals surface area contributed by atoms with Crippen LogP contribution in [0.1, 0.15) is 82.5 Å². The molecule has 2 fully saturated rings. The molecule has 0 unspecified atom stereocenters. The molecule has 2 aliphatic carbocycles. The van der Waals surface area contributed by atoms with Gasteiger partial charge in [0.15, 0.2) is 0 Å². The second-order valence-electron chi connectivity index (χ2n) is 8.19. The maximum absolute atomic E-state index is 4.46. The van der Waals surface area contributed by atoms with Crippen LogP contribution in [0, 0.1) is 30.6 Å². The van der Waals surface area contributed by atoms with Crippen molar-refractivity contribution in [3.63, 3.8) is 0 Å². The summed E-state index contributed by atoms with van der Waals surface area (Å²) in [7, 11) is 0. The predicted molar refractivity (Wildman–Crippen MR) is 96.3 cm³/mol. The third-order valence-electron chi connectivity index (χ3n) is 6.64. The minimum absolute atomic E-state index is 0.920. The van der Waals surface area contributed by atoms with Crippen molar-refractivity contribution in [3.05, 3.63) is 23.8 Å². The number of aryl methyl sites for hydroxylation is 2. The van der Waals surface area contributed by atoms with Gasteiger partial charge in [0.1, 0.15) is 5.82 Å². The normalized spacial score (nSPS) is 31.9. The van der Waals surface area contributed by atoms with Gasteiger partial charge >= 0.3 is 0 Å². The highest BCUT2D eigenvalue weighted by Crippen LogP contribution is 2.42. The maximum Gasteiger partial charge on any atom is 0.128 e. The lowest BCUT2D eigenvalue weighted by molar-refractivity contribution is 0.142. The molecule has 0 aliphatic heterocycles. The van der Waals surface area contributed by atoms with Crippen LogP contribution in [0.3, 0.4) is 0 Å². The van der Waals surface area contributed by atoms with Crippen LogP contribution in [-0.2, 0) is 6.42 Å². The molecule has 1 heterocycles. The fourth-order valence-electron chi connectivity index (χ4n) is 4.90. The Kier molecular flexibility index (Phi) is 6.08. The highest BCUT2D eigenvalue weighted by atomic mass is 14.9. The predicted octanol–water partition coefficient (Wildman–Crippen LogP) is 5.74. The van der Waals surface area contributed by atoms with Crippen molar-refractivity contribution < 1.29 is 0 Å². The van der Waals surface area contributed by atoms with E-state index < -0.39 is 0 Å². The fourth-order valence-corrected chi connectivity index (χ4v) is 4.90. The quantitative estimate of drug-likeness (QED) is 0.692. The van der Waals surface area contributed by atoms with Crippen molar-refractivity contribution in [2.24, 2.45) is 23.7 Å². The van der Waals surface area contributed by atoms with Gasteiger partial charge in [-0.25, -0.2) is 9.97 Å². The smallest absolute Gasteiger partial charge is 0.128 e. The molecule has 2 heteroatoms. The van der Waals surface area contributed by atoms with E-state index >= 15 is 0 Å². The van der Waals surface area contributed by atoms with Gasteiger partial charge in [0.25, 0.3) is 0 Å². The zero-order valence-electron chi connectivity index (χ0n) is 15.1. The van der Waals surface area contributed by atoms with E-state index in [-0.39, 0.29) is 0 Å². The Morgan fingerprint density at radius 1 is 0.826 bits per heavy atom. The second-order valence-corrected chi connectivity index (χ2v) is 8.19. The fraction of sp³-hybridized carbons (Fsp3) is 0.810. The molecule has 0 spiro atoms. The van der Waals surface area contributed by atoms with E-state index in [0.717, 1.165) is 41.5 Å². The average Bonchev–Trinajstić information content (AvgIpc) is 2.62. The van der Waals surface area contributed by atoms with E-state index in [1.165, 1.54) is 64.2 Å². The molecule has 0 bridgehead atoms. The van der Waals surface area contributed by atoms with Crippen LogP contribution in [0.4, 0.5) is 0 Å². The Morgan fingerprint density at radius 2 is 1.35 bits per heavy atom. The number of hydrogen-bond acceptors (Lipinski definition) is 2. The molecule has 3 rings (SSSR count). The van der Waals surface area contributed by atoms with Crippen molar-refractivity contribution in [2.45, 2.75) is 84.5 Å². The van der Waals surface area contributed by atoms with E-state index in [1.807, 2.05) is 12.4 Å². The number of aromatic nitrogens is 2. The highest BCUT2D eigenvalue weighted by molar-refractivity contribution is 5.02. The molecule has 0 atom stereocenters. The summed E-state index contributed by atoms with van der Waals surface area (Å²) in [6, 6.07) is 0. The van der Waals surface area contributed by atoms with E-state index in [2.05, 4.69) is 23.8 Å². The largest absolute Gasteiger partial charge is 0.241 e. The van der Waals surface area contributed by atoms with Gasteiger partial charge in [-0.15, -0.1) is 0 Å². The van der Waals surface area contributed by atoms with Crippen molar-refractivity contribution in [2.75, 3.05) is 0 Å². The van der Waals surface area contributed by atoms with Gasteiger partial charge in [-0.1, -0.05) is 39.0 Å². The van der Waals surface area contributed by atoms with Gasteiger partial charge in [0.2, 0.25) is 0 Å². The zero-order chi connectivity index (χ0) is 16.1. The van der Waals surface area contributed by atoms with Gasteiger partial charge in [0.05, 0.1) is 0 Å². The van der Waals surface area contributed by atoms with Gasteiger partial charge in [0, 0.05) is 18.8 Å². The van der Waals surface area contributed by atoms with Crippen LogP contribution in [0.25, 0.3) is 0 Å². The lowest BCUT2D eigenvalue weighted by Crippen LogP contribution is -2.26. The Labute approximate surface area is 142 Å². The Morgan fingerprint density at radius 3 is 1.87 bits per heavy atom. The molecular formula is C21H34N2. The molecule has 128 valence electrons. The van der Waals surface area contributed by atoms with Gasteiger partial charge in [-0.05, 0) is 68.3 Å². The van der Waals surface area contributed by atoms with Crippen LogP contribution in [-0.4, -0.2) is 9.97 Å². The summed E-state index contributed by atoms with van der Waals surface area (Å²) in [5, 5.41) is 0. The summed E-state index contributed by atoms with van der Waals surface area (Å²) in [5.41, 5.74) is 1.16. The third kappa shape index (κ3) is 4.78. The molecule has 1 aromatic rings. The van der Waals surface area contributed by atoms with Crippen molar-refractivity contribution in [3.8, 4) is 0 Å². The Bertz CT molecular complexity index is 451. The molecule has 0 N–H and O–H groups in total. The zero-order valence-corrected chi connectivity index (χ0v) is 15.1. The van der Waals surface area contributed by atoms with E-state index in [0.29, 0.717) is 0 Å². The standard InChI is InChI=1S/C21H34N2/c1-3-17-4-9-19(10-5-17)20-11-6-18(7-12-20)8-13-21-22-14-16(2)15-23-21/h14-15,17-20H,3-13H2,1-2H3/t17-,18-,19-,20-. The first kappa shape index (κ1) is 16.9. The summed E-state index contributed by atoms with van der Waals surface area (Å²) in [5.74, 6) is 5.09. The molecule has 23 heavy (non-hydrogen) atoms.